The number of hydroxylamine groups is 1. The van der Waals surface area contributed by atoms with Crippen molar-refractivity contribution in [1.82, 2.24) is 5.48 Å². The number of hydrogen-bond donors (Lipinski definition) is 1. The van der Waals surface area contributed by atoms with Gasteiger partial charge in [0.2, 0.25) is 0 Å². The first kappa shape index (κ1) is 12.6. The van der Waals surface area contributed by atoms with E-state index in [4.69, 9.17) is 10.1 Å². The summed E-state index contributed by atoms with van der Waals surface area (Å²) in [6.07, 6.45) is 0. The van der Waals surface area contributed by atoms with Crippen molar-refractivity contribution in [2.24, 2.45) is 5.92 Å². The van der Waals surface area contributed by atoms with Crippen molar-refractivity contribution in [2.45, 2.75) is 20.4 Å². The lowest BCUT2D eigenvalue weighted by molar-refractivity contribution is 0.0191. The van der Waals surface area contributed by atoms with E-state index in [-0.39, 0.29) is 5.82 Å². The molecule has 0 aromatic heterocycles. The largest absolute Gasteiger partial charge is 0.301 e. The summed E-state index contributed by atoms with van der Waals surface area (Å²) in [6, 6.07) is 6.28. The molecule has 0 fully saturated rings. The predicted molar refractivity (Wildman–Crippen MR) is 58.7 cm³/mol. The highest BCUT2D eigenvalue weighted by Gasteiger charge is 2.03. The molecule has 0 bridgehead atoms. The molecule has 0 spiro atoms. The summed E-state index contributed by atoms with van der Waals surface area (Å²) >= 11 is 0. The summed E-state index contributed by atoms with van der Waals surface area (Å²) in [5.74, 6) is 0.0398. The molecule has 0 unspecified atom stereocenters. The molecule has 1 aromatic carbocycles. The molecule has 1 aromatic rings. The van der Waals surface area contributed by atoms with Crippen LogP contribution in [0.4, 0.5) is 4.39 Å². The van der Waals surface area contributed by atoms with Gasteiger partial charge in [-0.1, -0.05) is 19.9 Å². The first-order valence-corrected chi connectivity index (χ1v) is 5.16. The second-order valence-corrected chi connectivity index (χ2v) is 3.94. The number of nitrogens with zero attached hydrogens (tertiary/aromatic N) is 1. The molecule has 1 rings (SSSR count). The van der Waals surface area contributed by atoms with Gasteiger partial charge in [-0.15, -0.1) is 0 Å². The Bertz CT molecular complexity index is 385. The summed E-state index contributed by atoms with van der Waals surface area (Å²) in [6.45, 7) is 4.94. The average molecular weight is 222 g/mol. The lowest BCUT2D eigenvalue weighted by atomic mass is 10.1. The van der Waals surface area contributed by atoms with Crippen molar-refractivity contribution < 1.29 is 9.23 Å². The highest BCUT2D eigenvalue weighted by molar-refractivity contribution is 5.32. The number of rotatable bonds is 5. The van der Waals surface area contributed by atoms with E-state index in [0.717, 1.165) is 0 Å². The molecule has 0 aliphatic rings. The molecular formula is C12H15FN2O. The Hall–Kier alpha value is -1.44. The van der Waals surface area contributed by atoms with Gasteiger partial charge in [0.1, 0.15) is 5.82 Å². The summed E-state index contributed by atoms with van der Waals surface area (Å²) in [5, 5.41) is 8.57. The minimum absolute atomic E-state index is 0.296. The molecule has 0 aliphatic heterocycles. The fourth-order valence-corrected chi connectivity index (χ4v) is 1.11. The van der Waals surface area contributed by atoms with Crippen LogP contribution in [0.15, 0.2) is 18.2 Å². The molecule has 1 N–H and O–H groups in total. The second kappa shape index (κ2) is 6.21. The van der Waals surface area contributed by atoms with Crippen LogP contribution in [0.2, 0.25) is 0 Å². The van der Waals surface area contributed by atoms with Crippen LogP contribution in [0.25, 0.3) is 0 Å². The first-order valence-electron chi connectivity index (χ1n) is 5.16. The Morgan fingerprint density at radius 2 is 2.25 bits per heavy atom. The zero-order valence-corrected chi connectivity index (χ0v) is 9.46. The third kappa shape index (κ3) is 3.97. The van der Waals surface area contributed by atoms with Crippen LogP contribution in [-0.4, -0.2) is 6.61 Å². The van der Waals surface area contributed by atoms with E-state index in [9.17, 15) is 4.39 Å². The van der Waals surface area contributed by atoms with E-state index in [0.29, 0.717) is 30.2 Å². The highest BCUT2D eigenvalue weighted by Crippen LogP contribution is 2.09. The van der Waals surface area contributed by atoms with E-state index < -0.39 is 0 Å². The fourth-order valence-electron chi connectivity index (χ4n) is 1.11. The Morgan fingerprint density at radius 1 is 1.50 bits per heavy atom. The normalized spacial score (nSPS) is 10.4. The Balaban J connectivity index is 2.46. The molecule has 0 aliphatic carbocycles. The van der Waals surface area contributed by atoms with Gasteiger partial charge in [0.05, 0.1) is 18.2 Å². The van der Waals surface area contributed by atoms with Crippen molar-refractivity contribution in [3.8, 4) is 6.07 Å². The van der Waals surface area contributed by atoms with Crippen LogP contribution in [0.3, 0.4) is 0 Å². The number of nitriles is 1. The molecular weight excluding hydrogens is 207 g/mol. The van der Waals surface area contributed by atoms with Gasteiger partial charge >= 0.3 is 0 Å². The van der Waals surface area contributed by atoms with Crippen LogP contribution in [-0.2, 0) is 11.4 Å². The van der Waals surface area contributed by atoms with Crippen LogP contribution < -0.4 is 5.48 Å². The maximum atomic E-state index is 13.4. The monoisotopic (exact) mass is 222 g/mol. The van der Waals surface area contributed by atoms with Crippen LogP contribution in [0, 0.1) is 23.1 Å². The lowest BCUT2D eigenvalue weighted by Crippen LogP contribution is -2.18. The number of halogens is 1. The predicted octanol–water partition coefficient (Wildman–Crippen LogP) is 2.37. The van der Waals surface area contributed by atoms with Crippen LogP contribution in [0.5, 0.6) is 0 Å². The quantitative estimate of drug-likeness (QED) is 0.614. The van der Waals surface area contributed by atoms with Gasteiger partial charge in [-0.25, -0.2) is 4.39 Å². The molecule has 86 valence electrons. The number of nitrogens with one attached hydrogen (secondary N) is 1. The van der Waals surface area contributed by atoms with E-state index >= 15 is 0 Å². The van der Waals surface area contributed by atoms with Crippen molar-refractivity contribution in [2.75, 3.05) is 6.61 Å². The van der Waals surface area contributed by atoms with Gasteiger partial charge in [-0.05, 0) is 18.1 Å². The molecule has 0 radical (unpaired) electrons. The zero-order valence-electron chi connectivity index (χ0n) is 9.46. The van der Waals surface area contributed by atoms with Gasteiger partial charge in [0, 0.05) is 12.1 Å². The topological polar surface area (TPSA) is 45.0 Å². The van der Waals surface area contributed by atoms with E-state index in [1.165, 1.54) is 6.07 Å². The molecule has 0 saturated heterocycles. The molecule has 16 heavy (non-hydrogen) atoms. The minimum Gasteiger partial charge on any atom is -0.301 e. The summed E-state index contributed by atoms with van der Waals surface area (Å²) in [7, 11) is 0. The van der Waals surface area contributed by atoms with E-state index in [1.807, 2.05) is 19.9 Å². The van der Waals surface area contributed by atoms with Crippen molar-refractivity contribution in [3.05, 3.63) is 35.1 Å². The highest BCUT2D eigenvalue weighted by atomic mass is 19.1. The molecule has 0 saturated carbocycles. The fraction of sp³-hybridized carbons (Fsp3) is 0.417. The van der Waals surface area contributed by atoms with Gasteiger partial charge in [0.25, 0.3) is 0 Å². The molecule has 4 heteroatoms. The number of benzene rings is 1. The SMILES string of the molecule is CC(C)CONCc1ccc(C#N)cc1F. The molecule has 0 amide bonds. The summed E-state index contributed by atoms with van der Waals surface area (Å²) in [5.41, 5.74) is 3.50. The standard InChI is InChI=1S/C12H15FN2O/c1-9(2)8-16-15-7-11-4-3-10(6-14)5-12(11)13/h3-5,9,15H,7-8H2,1-2H3. The molecule has 3 nitrogen and oxygen atoms in total. The van der Waals surface area contributed by atoms with Crippen molar-refractivity contribution in [1.29, 1.82) is 5.26 Å². The second-order valence-electron chi connectivity index (χ2n) is 3.94. The van der Waals surface area contributed by atoms with E-state index in [1.54, 1.807) is 12.1 Å². The zero-order chi connectivity index (χ0) is 12.0. The summed E-state index contributed by atoms with van der Waals surface area (Å²) < 4.78 is 13.4. The van der Waals surface area contributed by atoms with Gasteiger partial charge in [-0.3, -0.25) is 0 Å². The third-order valence-electron chi connectivity index (χ3n) is 1.96. The van der Waals surface area contributed by atoms with Gasteiger partial charge in [0.15, 0.2) is 0 Å². The smallest absolute Gasteiger partial charge is 0.129 e. The average Bonchev–Trinajstić information content (AvgIpc) is 2.25. The molecule has 0 heterocycles. The summed E-state index contributed by atoms with van der Waals surface area (Å²) in [4.78, 5) is 5.13. The minimum atomic E-state index is -0.389. The third-order valence-corrected chi connectivity index (χ3v) is 1.96. The van der Waals surface area contributed by atoms with Crippen LogP contribution >= 0.6 is 0 Å². The maximum absolute atomic E-state index is 13.4. The van der Waals surface area contributed by atoms with Crippen molar-refractivity contribution in [3.63, 3.8) is 0 Å². The molecule has 0 atom stereocenters. The maximum Gasteiger partial charge on any atom is 0.129 e. The van der Waals surface area contributed by atoms with Gasteiger partial charge < -0.3 is 4.84 Å². The first-order chi connectivity index (χ1) is 7.63. The Morgan fingerprint density at radius 3 is 2.81 bits per heavy atom. The van der Waals surface area contributed by atoms with Crippen molar-refractivity contribution >= 4 is 0 Å². The number of hydrogen-bond acceptors (Lipinski definition) is 3. The lowest BCUT2D eigenvalue weighted by Gasteiger charge is -2.08. The van der Waals surface area contributed by atoms with Crippen LogP contribution in [0.1, 0.15) is 25.0 Å². The Labute approximate surface area is 94.8 Å². The van der Waals surface area contributed by atoms with Gasteiger partial charge in [-0.2, -0.15) is 10.7 Å². The van der Waals surface area contributed by atoms with E-state index in [2.05, 4.69) is 5.48 Å². The Kier molecular flexibility index (Phi) is 4.90.